The van der Waals surface area contributed by atoms with E-state index in [9.17, 15) is 5.11 Å². The standard InChI is InChI=1S/C25H34FN5O/c1-3-14-12-17(32)5-6-18(14)19-7-8-20-23(22(19)26)30-31-24(20)25-28-13-21(29-25)15-9-10-27-16(4-2)11-15/h5-6,9,12-13,16,19-20,22-24,27,30-32H,3-4,7-8,10-11H2,1-2H3,(H,28,29). The first-order chi connectivity index (χ1) is 15.6. The summed E-state index contributed by atoms with van der Waals surface area (Å²) in [5.41, 5.74) is 11.0. The molecule has 1 aliphatic carbocycles. The maximum Gasteiger partial charge on any atom is 0.125 e. The number of alkyl halides is 1. The second-order valence-electron chi connectivity index (χ2n) is 9.45. The molecule has 5 N–H and O–H groups in total. The molecule has 1 aromatic heterocycles. The Kier molecular flexibility index (Phi) is 6.05. The van der Waals surface area contributed by atoms with Gasteiger partial charge >= 0.3 is 0 Å². The average molecular weight is 440 g/mol. The summed E-state index contributed by atoms with van der Waals surface area (Å²) in [6.07, 6.45) is 7.78. The molecule has 0 radical (unpaired) electrons. The predicted octanol–water partition coefficient (Wildman–Crippen LogP) is 3.88. The molecule has 172 valence electrons. The van der Waals surface area contributed by atoms with Crippen molar-refractivity contribution in [1.82, 2.24) is 26.1 Å². The third kappa shape index (κ3) is 3.87. The van der Waals surface area contributed by atoms with Crippen LogP contribution in [0, 0.1) is 5.92 Å². The second kappa shape index (κ2) is 8.96. The number of hydrazine groups is 1. The first-order valence-electron chi connectivity index (χ1n) is 12.0. The van der Waals surface area contributed by atoms with E-state index >= 15 is 4.39 Å². The van der Waals surface area contributed by atoms with Crippen LogP contribution in [-0.4, -0.2) is 39.9 Å². The van der Waals surface area contributed by atoms with Crippen molar-refractivity contribution in [3.05, 3.63) is 53.1 Å². The lowest BCUT2D eigenvalue weighted by atomic mass is 9.71. The molecule has 6 unspecified atom stereocenters. The van der Waals surface area contributed by atoms with E-state index in [1.807, 2.05) is 12.3 Å². The van der Waals surface area contributed by atoms with Crippen molar-refractivity contribution in [2.75, 3.05) is 6.54 Å². The number of aromatic hydroxyl groups is 1. The lowest BCUT2D eigenvalue weighted by Crippen LogP contribution is -2.45. The number of halogens is 1. The molecule has 0 spiro atoms. The van der Waals surface area contributed by atoms with Gasteiger partial charge in [0.05, 0.1) is 24.0 Å². The summed E-state index contributed by atoms with van der Waals surface area (Å²) >= 11 is 0. The fraction of sp³-hybridized carbons (Fsp3) is 0.560. The molecule has 1 saturated heterocycles. The number of benzene rings is 1. The van der Waals surface area contributed by atoms with Gasteiger partial charge in [0.1, 0.15) is 17.7 Å². The van der Waals surface area contributed by atoms with Crippen molar-refractivity contribution in [3.63, 3.8) is 0 Å². The Morgan fingerprint density at radius 1 is 1.19 bits per heavy atom. The van der Waals surface area contributed by atoms with Gasteiger partial charge in [-0.3, -0.25) is 5.43 Å². The van der Waals surface area contributed by atoms with Gasteiger partial charge in [-0.25, -0.2) is 14.8 Å². The second-order valence-corrected chi connectivity index (χ2v) is 9.45. The van der Waals surface area contributed by atoms with E-state index in [1.165, 1.54) is 5.57 Å². The van der Waals surface area contributed by atoms with Crippen molar-refractivity contribution >= 4 is 5.57 Å². The number of phenolic OH excluding ortho intramolecular Hbond substituents is 1. The third-order valence-electron chi connectivity index (χ3n) is 7.69. The first kappa shape index (κ1) is 21.6. The minimum absolute atomic E-state index is 0.0253. The molecule has 3 aliphatic rings. The van der Waals surface area contributed by atoms with Gasteiger partial charge in [0.2, 0.25) is 0 Å². The van der Waals surface area contributed by atoms with Crippen molar-refractivity contribution in [1.29, 1.82) is 0 Å². The largest absolute Gasteiger partial charge is 0.508 e. The van der Waals surface area contributed by atoms with Gasteiger partial charge in [-0.2, -0.15) is 0 Å². The molecular formula is C25H34FN5O. The summed E-state index contributed by atoms with van der Waals surface area (Å²) in [7, 11) is 0. The molecule has 5 rings (SSSR count). The Bertz CT molecular complexity index is 988. The van der Waals surface area contributed by atoms with Gasteiger partial charge in [0.15, 0.2) is 0 Å². The number of hydrogen-bond donors (Lipinski definition) is 5. The SMILES string of the molecule is CCc1cc(O)ccc1C1CCC2C(c3ncc(C4=CCNC(CC)C4)[nH]3)NNC2C1F. The van der Waals surface area contributed by atoms with E-state index in [4.69, 9.17) is 0 Å². The molecule has 1 saturated carbocycles. The number of rotatable bonds is 5. The van der Waals surface area contributed by atoms with Crippen molar-refractivity contribution in [2.24, 2.45) is 5.92 Å². The molecular weight excluding hydrogens is 405 g/mol. The number of hydrogen-bond acceptors (Lipinski definition) is 5. The lowest BCUT2D eigenvalue weighted by Gasteiger charge is -2.36. The number of H-pyrrole nitrogens is 1. The highest BCUT2D eigenvalue weighted by Gasteiger charge is 2.48. The van der Waals surface area contributed by atoms with Crippen molar-refractivity contribution in [3.8, 4) is 5.75 Å². The van der Waals surface area contributed by atoms with E-state index in [1.54, 1.807) is 12.1 Å². The van der Waals surface area contributed by atoms with Crippen LogP contribution in [0.2, 0.25) is 0 Å². The van der Waals surface area contributed by atoms with E-state index in [2.05, 4.69) is 46.1 Å². The highest BCUT2D eigenvalue weighted by Crippen LogP contribution is 2.45. The topological polar surface area (TPSA) is 85.0 Å². The van der Waals surface area contributed by atoms with Gasteiger partial charge in [0, 0.05) is 24.4 Å². The lowest BCUT2D eigenvalue weighted by molar-refractivity contribution is 0.135. The Morgan fingerprint density at radius 2 is 2.06 bits per heavy atom. The summed E-state index contributed by atoms with van der Waals surface area (Å²) in [6, 6.07) is 5.59. The molecule has 1 aromatic carbocycles. The molecule has 3 heterocycles. The number of nitrogens with zero attached hydrogens (tertiary/aromatic N) is 1. The highest BCUT2D eigenvalue weighted by molar-refractivity contribution is 5.63. The first-order valence-corrected chi connectivity index (χ1v) is 12.0. The summed E-state index contributed by atoms with van der Waals surface area (Å²) in [5, 5.41) is 13.3. The van der Waals surface area contributed by atoms with E-state index < -0.39 is 6.17 Å². The zero-order chi connectivity index (χ0) is 22.2. The molecule has 2 aromatic rings. The molecule has 6 nitrogen and oxygen atoms in total. The molecule has 2 fully saturated rings. The fourth-order valence-corrected chi connectivity index (χ4v) is 5.85. The number of imidazole rings is 1. The van der Waals surface area contributed by atoms with Gasteiger partial charge < -0.3 is 15.4 Å². The quantitative estimate of drug-likeness (QED) is 0.488. The number of fused-ring (bicyclic) bond motifs is 1. The van der Waals surface area contributed by atoms with Crippen LogP contribution in [0.25, 0.3) is 5.57 Å². The van der Waals surface area contributed by atoms with Crippen LogP contribution in [0.3, 0.4) is 0 Å². The minimum Gasteiger partial charge on any atom is -0.508 e. The van der Waals surface area contributed by atoms with Crippen LogP contribution in [0.4, 0.5) is 4.39 Å². The maximum atomic E-state index is 15.8. The van der Waals surface area contributed by atoms with E-state index in [0.717, 1.165) is 61.3 Å². The predicted molar refractivity (Wildman–Crippen MR) is 124 cm³/mol. The molecule has 0 bridgehead atoms. The van der Waals surface area contributed by atoms with E-state index in [-0.39, 0.29) is 29.7 Å². The van der Waals surface area contributed by atoms with Crippen LogP contribution in [0.5, 0.6) is 5.75 Å². The van der Waals surface area contributed by atoms with Crippen LogP contribution in [0.15, 0.2) is 30.5 Å². The van der Waals surface area contributed by atoms with Gasteiger partial charge in [-0.15, -0.1) is 0 Å². The summed E-state index contributed by atoms with van der Waals surface area (Å²) in [4.78, 5) is 8.21. The zero-order valence-electron chi connectivity index (χ0n) is 18.9. The third-order valence-corrected chi connectivity index (χ3v) is 7.69. The molecule has 0 amide bonds. The zero-order valence-corrected chi connectivity index (χ0v) is 18.9. The van der Waals surface area contributed by atoms with Crippen LogP contribution in [-0.2, 0) is 6.42 Å². The van der Waals surface area contributed by atoms with Crippen LogP contribution in [0.1, 0.15) is 74.1 Å². The highest BCUT2D eigenvalue weighted by atomic mass is 19.1. The van der Waals surface area contributed by atoms with Gasteiger partial charge in [-0.1, -0.05) is 26.0 Å². The Hall–Kier alpha value is -2.22. The van der Waals surface area contributed by atoms with E-state index in [0.29, 0.717) is 6.04 Å². The molecule has 7 heteroatoms. The van der Waals surface area contributed by atoms with Crippen molar-refractivity contribution < 1.29 is 9.50 Å². The monoisotopic (exact) mass is 439 g/mol. The summed E-state index contributed by atoms with van der Waals surface area (Å²) in [5.74, 6) is 1.13. The van der Waals surface area contributed by atoms with Gasteiger partial charge in [0.25, 0.3) is 0 Å². The number of aromatic nitrogens is 2. The number of phenols is 1. The molecule has 2 aliphatic heterocycles. The Morgan fingerprint density at radius 3 is 2.88 bits per heavy atom. The average Bonchev–Trinajstić information content (AvgIpc) is 3.47. The Labute approximate surface area is 189 Å². The van der Waals surface area contributed by atoms with Crippen LogP contribution < -0.4 is 16.2 Å². The minimum atomic E-state index is -0.993. The summed E-state index contributed by atoms with van der Waals surface area (Å²) in [6.45, 7) is 5.15. The number of nitrogens with one attached hydrogen (secondary N) is 4. The fourth-order valence-electron chi connectivity index (χ4n) is 5.85. The Balaban J connectivity index is 1.32. The smallest absolute Gasteiger partial charge is 0.125 e. The number of aromatic amines is 1. The van der Waals surface area contributed by atoms with Crippen molar-refractivity contribution in [2.45, 2.75) is 76.2 Å². The normalized spacial score (nSPS) is 32.5. The van der Waals surface area contributed by atoms with Gasteiger partial charge in [-0.05, 0) is 60.9 Å². The van der Waals surface area contributed by atoms with Crippen LogP contribution >= 0.6 is 0 Å². The maximum absolute atomic E-state index is 15.8. The molecule has 32 heavy (non-hydrogen) atoms. The summed E-state index contributed by atoms with van der Waals surface area (Å²) < 4.78 is 15.8. The number of aryl methyl sites for hydroxylation is 1. The molecule has 6 atom stereocenters.